The molecule has 12 rings (SSSR count). The first kappa shape index (κ1) is 35.1. The Morgan fingerprint density at radius 1 is 0.517 bits per heavy atom. The number of pyridine rings is 1. The van der Waals surface area contributed by atoms with Gasteiger partial charge in [0, 0.05) is 44.3 Å². The molecule has 60 heavy (non-hydrogen) atoms. The van der Waals surface area contributed by atoms with Crippen molar-refractivity contribution in [3.05, 3.63) is 240 Å². The van der Waals surface area contributed by atoms with Crippen LogP contribution in [0.4, 0.5) is 0 Å². The van der Waals surface area contributed by atoms with Crippen LogP contribution in [-0.4, -0.2) is 15.0 Å². The molecule has 1 aliphatic heterocycles. The Kier molecular flexibility index (Phi) is 8.28. The van der Waals surface area contributed by atoms with Gasteiger partial charge in [-0.3, -0.25) is 4.98 Å². The number of nitrogens with zero attached hydrogens (tertiary/aromatic N) is 3. The molecule has 0 saturated carbocycles. The molecule has 0 fully saturated rings. The van der Waals surface area contributed by atoms with Crippen LogP contribution in [0, 0.1) is 0 Å². The normalized spacial score (nSPS) is 17.8. The number of rotatable bonds is 5. The highest BCUT2D eigenvalue weighted by Crippen LogP contribution is 2.62. The van der Waals surface area contributed by atoms with E-state index < -0.39 is 5.41 Å². The highest BCUT2D eigenvalue weighted by Gasteiger charge is 2.50. The molecule has 6 aromatic carbocycles. The first-order valence-electron chi connectivity index (χ1n) is 20.9. The van der Waals surface area contributed by atoms with Gasteiger partial charge in [0.05, 0.1) is 22.3 Å². The van der Waals surface area contributed by atoms with Gasteiger partial charge in [-0.05, 0) is 99.3 Å². The maximum absolute atomic E-state index is 5.20. The Labute approximate surface area is 354 Å². The van der Waals surface area contributed by atoms with Crippen LogP contribution in [0.2, 0.25) is 0 Å². The maximum atomic E-state index is 5.20. The van der Waals surface area contributed by atoms with Crippen LogP contribution in [0.25, 0.3) is 50.1 Å². The predicted octanol–water partition coefficient (Wildman–Crippen LogP) is 13.9. The number of hydrogen-bond donors (Lipinski definition) is 0. The van der Waals surface area contributed by atoms with E-state index in [0.717, 1.165) is 52.1 Å². The standard InChI is InChI=1S/C56H39N3S/c1-3-13-37(14-4-1)50-35-51(59-55(58-50)40-15-5-2-6-16-40)38-26-24-36(25-27-38)41-28-30-52-48(33-41)56(46-22-9-7-19-44(46)45-20-8-10-23-47(45)56)49-34-42(29-31-53(49)60-52)43-21-11-17-39-18-12-32-57-54(39)43/h1-13,15-26,28-35,37-38H,14,27H2. The van der Waals surface area contributed by atoms with E-state index in [-0.39, 0.29) is 11.8 Å². The molecule has 2 aromatic heterocycles. The van der Waals surface area contributed by atoms with Crippen LogP contribution in [0.15, 0.2) is 210 Å². The summed E-state index contributed by atoms with van der Waals surface area (Å²) in [7, 11) is 0. The Hall–Kier alpha value is -6.88. The Bertz CT molecular complexity index is 3100. The third-order valence-electron chi connectivity index (χ3n) is 12.9. The lowest BCUT2D eigenvalue weighted by Gasteiger charge is -2.40. The molecule has 0 N–H and O–H groups in total. The van der Waals surface area contributed by atoms with E-state index >= 15 is 0 Å². The molecule has 4 heteroatoms. The van der Waals surface area contributed by atoms with Gasteiger partial charge in [-0.15, -0.1) is 0 Å². The van der Waals surface area contributed by atoms with E-state index in [2.05, 4.69) is 182 Å². The van der Waals surface area contributed by atoms with Gasteiger partial charge >= 0.3 is 0 Å². The van der Waals surface area contributed by atoms with Crippen molar-refractivity contribution in [2.75, 3.05) is 0 Å². The molecule has 2 atom stereocenters. The van der Waals surface area contributed by atoms with Gasteiger partial charge in [-0.25, -0.2) is 9.97 Å². The molecule has 1 spiro atoms. The summed E-state index contributed by atoms with van der Waals surface area (Å²) in [4.78, 5) is 17.8. The second kappa shape index (κ2) is 14.1. The van der Waals surface area contributed by atoms with Gasteiger partial charge in [0.2, 0.25) is 0 Å². The summed E-state index contributed by atoms with van der Waals surface area (Å²) in [5.74, 6) is 1.20. The van der Waals surface area contributed by atoms with Crippen molar-refractivity contribution in [3.8, 4) is 33.6 Å². The van der Waals surface area contributed by atoms with E-state index in [1.807, 2.05) is 30.1 Å². The molecule has 4 aliphatic rings. The largest absolute Gasteiger partial charge is 0.256 e. The lowest BCUT2D eigenvalue weighted by molar-refractivity contribution is 0.722. The molecule has 3 nitrogen and oxygen atoms in total. The van der Waals surface area contributed by atoms with Gasteiger partial charge in [-0.1, -0.05) is 170 Å². The highest BCUT2D eigenvalue weighted by molar-refractivity contribution is 7.99. The number of benzene rings is 6. The number of allylic oxidation sites excluding steroid dienone is 8. The summed E-state index contributed by atoms with van der Waals surface area (Å²) in [5, 5.41) is 1.15. The molecule has 0 bridgehead atoms. The fourth-order valence-electron chi connectivity index (χ4n) is 10.0. The number of para-hydroxylation sites is 1. The van der Waals surface area contributed by atoms with Crippen molar-refractivity contribution in [1.82, 2.24) is 15.0 Å². The molecule has 0 amide bonds. The van der Waals surface area contributed by atoms with Crippen LogP contribution in [0.1, 0.15) is 63.9 Å². The molecule has 0 radical (unpaired) electrons. The smallest absolute Gasteiger partial charge is 0.159 e. The van der Waals surface area contributed by atoms with E-state index in [4.69, 9.17) is 15.0 Å². The lowest BCUT2D eigenvalue weighted by Crippen LogP contribution is -2.32. The first-order chi connectivity index (χ1) is 29.7. The van der Waals surface area contributed by atoms with Crippen LogP contribution < -0.4 is 0 Å². The molecule has 3 aliphatic carbocycles. The van der Waals surface area contributed by atoms with Crippen molar-refractivity contribution < 1.29 is 0 Å². The average Bonchev–Trinajstić information content (AvgIpc) is 3.62. The minimum absolute atomic E-state index is 0.156. The van der Waals surface area contributed by atoms with Gasteiger partial charge < -0.3 is 0 Å². The van der Waals surface area contributed by atoms with Crippen LogP contribution in [-0.2, 0) is 5.41 Å². The molecule has 2 unspecified atom stereocenters. The predicted molar refractivity (Wildman–Crippen MR) is 246 cm³/mol. The van der Waals surface area contributed by atoms with Crippen LogP contribution in [0.5, 0.6) is 0 Å². The van der Waals surface area contributed by atoms with Crippen molar-refractivity contribution in [2.24, 2.45) is 0 Å². The minimum atomic E-state index is -0.497. The topological polar surface area (TPSA) is 38.7 Å². The summed E-state index contributed by atoms with van der Waals surface area (Å²) in [6.45, 7) is 0. The fourth-order valence-corrected chi connectivity index (χ4v) is 11.2. The van der Waals surface area contributed by atoms with Crippen molar-refractivity contribution in [2.45, 2.75) is 39.9 Å². The molecule has 8 aromatic rings. The SMILES string of the molecule is C1=CCC(c2cc(C3C=CC(c4ccc5c(c4)C4(c6cc(-c7cccc8cccnc78)ccc6S5)c5ccccc5-c5ccccc54)=CC3)nc(-c3ccccc3)n2)C=C1. The molecular formula is C56H39N3S. The molecular weight excluding hydrogens is 747 g/mol. The van der Waals surface area contributed by atoms with Crippen LogP contribution in [0.3, 0.4) is 0 Å². The molecule has 0 saturated heterocycles. The summed E-state index contributed by atoms with van der Waals surface area (Å²) >= 11 is 1.89. The second-order valence-corrected chi connectivity index (χ2v) is 17.3. The maximum Gasteiger partial charge on any atom is 0.159 e. The molecule has 284 valence electrons. The minimum Gasteiger partial charge on any atom is -0.256 e. The van der Waals surface area contributed by atoms with Gasteiger partial charge in [0.15, 0.2) is 5.82 Å². The Morgan fingerprint density at radius 2 is 1.18 bits per heavy atom. The third-order valence-corrected chi connectivity index (χ3v) is 14.0. The van der Waals surface area contributed by atoms with Crippen molar-refractivity contribution >= 4 is 28.2 Å². The lowest BCUT2D eigenvalue weighted by atomic mass is 9.66. The number of aromatic nitrogens is 3. The summed E-state index contributed by atoms with van der Waals surface area (Å²) < 4.78 is 0. The number of fused-ring (bicyclic) bond motifs is 10. The van der Waals surface area contributed by atoms with Crippen molar-refractivity contribution in [3.63, 3.8) is 0 Å². The summed E-state index contributed by atoms with van der Waals surface area (Å²) in [5.41, 5.74) is 16.5. The number of hydrogen-bond acceptors (Lipinski definition) is 4. The van der Waals surface area contributed by atoms with Gasteiger partial charge in [0.25, 0.3) is 0 Å². The van der Waals surface area contributed by atoms with Gasteiger partial charge in [-0.2, -0.15) is 0 Å². The fraction of sp³-hybridized carbons (Fsp3) is 0.0893. The Morgan fingerprint density at radius 3 is 1.90 bits per heavy atom. The zero-order valence-corrected chi connectivity index (χ0v) is 33.7. The van der Waals surface area contributed by atoms with Crippen molar-refractivity contribution in [1.29, 1.82) is 0 Å². The van der Waals surface area contributed by atoms with E-state index in [9.17, 15) is 0 Å². The average molecular weight is 786 g/mol. The highest BCUT2D eigenvalue weighted by atomic mass is 32.2. The first-order valence-corrected chi connectivity index (χ1v) is 21.7. The van der Waals surface area contributed by atoms with Gasteiger partial charge in [0.1, 0.15) is 0 Å². The zero-order valence-electron chi connectivity index (χ0n) is 32.9. The summed E-state index contributed by atoms with van der Waals surface area (Å²) in [6.07, 6.45) is 19.6. The Balaban J connectivity index is 0.976. The quantitative estimate of drug-likeness (QED) is 0.174. The monoisotopic (exact) mass is 785 g/mol. The van der Waals surface area contributed by atoms with E-state index in [0.29, 0.717) is 0 Å². The van der Waals surface area contributed by atoms with E-state index in [1.165, 1.54) is 59.9 Å². The third kappa shape index (κ3) is 5.55. The zero-order chi connectivity index (χ0) is 39.6. The van der Waals surface area contributed by atoms with Crippen LogP contribution >= 0.6 is 11.8 Å². The molecule has 3 heterocycles. The van der Waals surface area contributed by atoms with E-state index in [1.54, 1.807) is 0 Å². The second-order valence-electron chi connectivity index (χ2n) is 16.2. The summed E-state index contributed by atoms with van der Waals surface area (Å²) in [6, 6.07) is 55.7.